The lowest BCUT2D eigenvalue weighted by Gasteiger charge is -2.07. The minimum Gasteiger partial charge on any atom is -0.479 e. The predicted molar refractivity (Wildman–Crippen MR) is 47.9 cm³/mol. The number of hydrogen-bond acceptors (Lipinski definition) is 3. The van der Waals surface area contributed by atoms with Crippen molar-refractivity contribution in [2.24, 2.45) is 5.73 Å². The van der Waals surface area contributed by atoms with Gasteiger partial charge in [-0.25, -0.2) is 4.79 Å². The molecule has 0 aliphatic carbocycles. The van der Waals surface area contributed by atoms with Gasteiger partial charge in [-0.2, -0.15) is 0 Å². The molecule has 0 radical (unpaired) electrons. The van der Waals surface area contributed by atoms with E-state index in [1.807, 2.05) is 20.8 Å². The quantitative estimate of drug-likeness (QED) is 0.547. The Kier molecular flexibility index (Phi) is 5.14. The Balaban J connectivity index is 0. The van der Waals surface area contributed by atoms with Crippen molar-refractivity contribution in [3.8, 4) is 0 Å². The van der Waals surface area contributed by atoms with E-state index in [1.165, 1.54) is 13.8 Å². The molecule has 4 nitrogen and oxygen atoms in total. The summed E-state index contributed by atoms with van der Waals surface area (Å²) in [6.07, 6.45) is 0. The number of rotatable bonds is 1. The molecule has 0 unspecified atom stereocenters. The maximum atomic E-state index is 9.77. The van der Waals surface area contributed by atoms with Crippen LogP contribution in [0.1, 0.15) is 34.6 Å². The molecule has 12 heavy (non-hydrogen) atoms. The van der Waals surface area contributed by atoms with Gasteiger partial charge in [0.05, 0.1) is 0 Å². The molecule has 0 aromatic rings. The highest BCUT2D eigenvalue weighted by Gasteiger charge is 2.21. The third-order valence-corrected chi connectivity index (χ3v) is 0.523. The van der Waals surface area contributed by atoms with Crippen molar-refractivity contribution in [3.63, 3.8) is 0 Å². The minimum absolute atomic E-state index is 0. The molecule has 74 valence electrons. The first kappa shape index (κ1) is 13.9. The standard InChI is InChI=1S/C4H11N.C4H8O3/c1-4(2,3)5;1-4(2,7)3(5)6/h5H2,1-3H3;7H,1-2H3,(H,5,6). The maximum absolute atomic E-state index is 9.77. The molecule has 0 aliphatic heterocycles. The number of carboxylic acids is 1. The third kappa shape index (κ3) is 22.8. The molecule has 4 N–H and O–H groups in total. The summed E-state index contributed by atoms with van der Waals surface area (Å²) in [5, 5.41) is 16.5. The van der Waals surface area contributed by atoms with Gasteiger partial charge in [-0.15, -0.1) is 0 Å². The summed E-state index contributed by atoms with van der Waals surface area (Å²) in [5.74, 6) is -1.20. The van der Waals surface area contributed by atoms with E-state index in [1.54, 1.807) is 0 Å². The van der Waals surface area contributed by atoms with Crippen LogP contribution in [0.15, 0.2) is 0 Å². The predicted octanol–water partition coefficient (Wildman–Crippen LogP) is 0.586. The second-order valence-electron chi connectivity index (χ2n) is 4.23. The first-order valence-electron chi connectivity index (χ1n) is 3.69. The number of carboxylic acid groups (broad SMARTS) is 1. The second kappa shape index (κ2) is 4.42. The van der Waals surface area contributed by atoms with Crippen molar-refractivity contribution in [2.75, 3.05) is 0 Å². The van der Waals surface area contributed by atoms with Crippen LogP contribution < -0.4 is 5.73 Å². The summed E-state index contributed by atoms with van der Waals surface area (Å²) >= 11 is 0. The summed E-state index contributed by atoms with van der Waals surface area (Å²) in [7, 11) is 0. The molecule has 0 amide bonds. The van der Waals surface area contributed by atoms with Crippen molar-refractivity contribution in [3.05, 3.63) is 0 Å². The molecule has 0 atom stereocenters. The van der Waals surface area contributed by atoms with Gasteiger partial charge in [0.2, 0.25) is 0 Å². The van der Waals surface area contributed by atoms with Crippen LogP contribution in [0.4, 0.5) is 0 Å². The van der Waals surface area contributed by atoms with Gasteiger partial charge in [-0.05, 0) is 34.6 Å². The Labute approximate surface area is 73.4 Å². The number of aliphatic hydroxyl groups is 1. The molecule has 0 bridgehead atoms. The van der Waals surface area contributed by atoms with Crippen LogP contribution in [0.25, 0.3) is 0 Å². The smallest absolute Gasteiger partial charge is 0.335 e. The number of hydrogen-bond donors (Lipinski definition) is 3. The fourth-order valence-electron chi connectivity index (χ4n) is 0. The van der Waals surface area contributed by atoms with E-state index in [-0.39, 0.29) is 5.54 Å². The summed E-state index contributed by atoms with van der Waals surface area (Å²) in [6, 6.07) is 0. The molecular formula is C8H19NO3. The Morgan fingerprint density at radius 2 is 1.25 bits per heavy atom. The van der Waals surface area contributed by atoms with Gasteiger partial charge < -0.3 is 15.9 Å². The van der Waals surface area contributed by atoms with E-state index in [9.17, 15) is 4.79 Å². The lowest BCUT2D eigenvalue weighted by molar-refractivity contribution is -0.154. The van der Waals surface area contributed by atoms with Crippen molar-refractivity contribution >= 4 is 5.97 Å². The molecule has 0 aliphatic rings. The first-order valence-corrected chi connectivity index (χ1v) is 3.69. The second-order valence-corrected chi connectivity index (χ2v) is 4.23. The van der Waals surface area contributed by atoms with E-state index in [4.69, 9.17) is 15.9 Å². The van der Waals surface area contributed by atoms with Gasteiger partial charge in [0.1, 0.15) is 0 Å². The van der Waals surface area contributed by atoms with Gasteiger partial charge in [0, 0.05) is 5.54 Å². The average molecular weight is 177 g/mol. The Morgan fingerprint density at radius 1 is 1.17 bits per heavy atom. The molecule has 0 aromatic heterocycles. The van der Waals surface area contributed by atoms with E-state index < -0.39 is 11.6 Å². The highest BCUT2D eigenvalue weighted by molar-refractivity contribution is 5.75. The summed E-state index contributed by atoms with van der Waals surface area (Å²) in [5.41, 5.74) is 3.77. The minimum atomic E-state index is -1.58. The van der Waals surface area contributed by atoms with Crippen molar-refractivity contribution < 1.29 is 15.0 Å². The summed E-state index contributed by atoms with van der Waals surface area (Å²) in [6.45, 7) is 8.33. The van der Waals surface area contributed by atoms with Gasteiger partial charge in [0.25, 0.3) is 0 Å². The van der Waals surface area contributed by atoms with Crippen LogP contribution in [0.3, 0.4) is 0 Å². The van der Waals surface area contributed by atoms with E-state index >= 15 is 0 Å². The van der Waals surface area contributed by atoms with Gasteiger partial charge in [0.15, 0.2) is 5.60 Å². The SMILES string of the molecule is CC(C)(C)N.CC(C)(O)C(=O)O. The van der Waals surface area contributed by atoms with Crippen molar-refractivity contribution in [1.82, 2.24) is 0 Å². The first-order chi connectivity index (χ1) is 4.94. The Bertz CT molecular complexity index is 135. The highest BCUT2D eigenvalue weighted by Crippen LogP contribution is 1.97. The number of carbonyl (C=O) groups is 1. The van der Waals surface area contributed by atoms with Crippen LogP contribution in [0.2, 0.25) is 0 Å². The van der Waals surface area contributed by atoms with Gasteiger partial charge in [-0.3, -0.25) is 0 Å². The van der Waals surface area contributed by atoms with Crippen LogP contribution in [0, 0.1) is 0 Å². The third-order valence-electron chi connectivity index (χ3n) is 0.523. The normalized spacial score (nSPS) is 11.6. The monoisotopic (exact) mass is 177 g/mol. The topological polar surface area (TPSA) is 83.5 Å². The van der Waals surface area contributed by atoms with Gasteiger partial charge >= 0.3 is 5.97 Å². The molecular weight excluding hydrogens is 158 g/mol. The molecule has 0 spiro atoms. The fraction of sp³-hybridized carbons (Fsp3) is 0.875. The van der Waals surface area contributed by atoms with E-state index in [0.717, 1.165) is 0 Å². The molecule has 0 saturated carbocycles. The van der Waals surface area contributed by atoms with Crippen LogP contribution >= 0.6 is 0 Å². The largest absolute Gasteiger partial charge is 0.479 e. The van der Waals surface area contributed by atoms with Gasteiger partial charge in [-0.1, -0.05) is 0 Å². The Morgan fingerprint density at radius 3 is 1.25 bits per heavy atom. The van der Waals surface area contributed by atoms with Crippen LogP contribution in [-0.4, -0.2) is 27.3 Å². The molecule has 0 saturated heterocycles. The maximum Gasteiger partial charge on any atom is 0.335 e. The van der Waals surface area contributed by atoms with E-state index in [2.05, 4.69) is 0 Å². The molecule has 0 rings (SSSR count). The molecule has 4 heteroatoms. The lowest BCUT2D eigenvalue weighted by Crippen LogP contribution is -2.30. The zero-order valence-corrected chi connectivity index (χ0v) is 8.38. The lowest BCUT2D eigenvalue weighted by atomic mass is 10.1. The zero-order valence-electron chi connectivity index (χ0n) is 8.38. The summed E-state index contributed by atoms with van der Waals surface area (Å²) in [4.78, 5) is 9.77. The summed E-state index contributed by atoms with van der Waals surface area (Å²) < 4.78 is 0. The van der Waals surface area contributed by atoms with E-state index in [0.29, 0.717) is 0 Å². The van der Waals surface area contributed by atoms with Crippen molar-refractivity contribution in [2.45, 2.75) is 45.8 Å². The number of aliphatic carboxylic acids is 1. The van der Waals surface area contributed by atoms with Crippen molar-refractivity contribution in [1.29, 1.82) is 0 Å². The molecule has 0 heterocycles. The Hall–Kier alpha value is -0.610. The average Bonchev–Trinajstić information content (AvgIpc) is 1.55. The zero-order chi connectivity index (χ0) is 10.6. The van der Waals surface area contributed by atoms with Crippen LogP contribution in [0.5, 0.6) is 0 Å². The fourth-order valence-corrected chi connectivity index (χ4v) is 0. The number of nitrogens with two attached hydrogens (primary N) is 1. The molecule has 0 aromatic carbocycles. The highest BCUT2D eigenvalue weighted by atomic mass is 16.4. The molecule has 0 fully saturated rings. The van der Waals surface area contributed by atoms with Crippen LogP contribution in [-0.2, 0) is 4.79 Å².